The summed E-state index contributed by atoms with van der Waals surface area (Å²) in [6.45, 7) is 1.77. The lowest BCUT2D eigenvalue weighted by atomic mass is 10.2. The average molecular weight is 357 g/mol. The van der Waals surface area contributed by atoms with Crippen LogP contribution in [0.5, 0.6) is 5.75 Å². The number of benzene rings is 1. The Hall–Kier alpha value is -1.64. The molecule has 0 atom stereocenters. The summed E-state index contributed by atoms with van der Waals surface area (Å²) in [4.78, 5) is 14.1. The van der Waals surface area contributed by atoms with Crippen LogP contribution < -0.4 is 10.1 Å². The van der Waals surface area contributed by atoms with E-state index in [-0.39, 0.29) is 19.0 Å². The number of sulfonamides is 1. The van der Waals surface area contributed by atoms with Crippen LogP contribution in [0, 0.1) is 0 Å². The summed E-state index contributed by atoms with van der Waals surface area (Å²) in [6, 6.07) is 6.75. The van der Waals surface area contributed by atoms with E-state index in [1.54, 1.807) is 31.4 Å². The number of carbonyl (C=O) groups excluding carboxylic acids is 1. The first kappa shape index (κ1) is 20.4. The van der Waals surface area contributed by atoms with Crippen LogP contribution in [-0.2, 0) is 10.0 Å². The molecule has 0 aliphatic rings. The van der Waals surface area contributed by atoms with Crippen LogP contribution in [0.25, 0.3) is 0 Å². The average Bonchev–Trinajstić information content (AvgIpc) is 2.52. The van der Waals surface area contributed by atoms with Gasteiger partial charge in [-0.05, 0) is 51.3 Å². The van der Waals surface area contributed by atoms with Crippen molar-refractivity contribution in [2.45, 2.75) is 6.42 Å². The fourth-order valence-electron chi connectivity index (χ4n) is 2.15. The fourth-order valence-corrected chi connectivity index (χ4v) is 3.03. The van der Waals surface area contributed by atoms with Crippen molar-refractivity contribution >= 4 is 15.9 Å². The van der Waals surface area contributed by atoms with Gasteiger partial charge in [0.25, 0.3) is 5.91 Å². The molecule has 8 heteroatoms. The first-order chi connectivity index (χ1) is 11.2. The van der Waals surface area contributed by atoms with Gasteiger partial charge in [0.15, 0.2) is 0 Å². The monoisotopic (exact) mass is 357 g/mol. The summed E-state index contributed by atoms with van der Waals surface area (Å²) in [7, 11) is 2.16. The maximum Gasteiger partial charge on any atom is 0.251 e. The highest BCUT2D eigenvalue weighted by Gasteiger charge is 2.16. The molecule has 0 fully saturated rings. The van der Waals surface area contributed by atoms with Gasteiger partial charge in [-0.15, -0.1) is 0 Å². The first-order valence-electron chi connectivity index (χ1n) is 7.76. The van der Waals surface area contributed by atoms with Crippen molar-refractivity contribution in [2.75, 3.05) is 53.6 Å². The maximum atomic E-state index is 12.1. The lowest BCUT2D eigenvalue weighted by Crippen LogP contribution is -2.39. The largest absolute Gasteiger partial charge is 0.497 e. The maximum absolute atomic E-state index is 12.1. The Balaban J connectivity index is 2.49. The minimum absolute atomic E-state index is 0.237. The number of ether oxygens (including phenoxy) is 1. The van der Waals surface area contributed by atoms with E-state index in [9.17, 15) is 13.2 Å². The Morgan fingerprint density at radius 1 is 1.12 bits per heavy atom. The second kappa shape index (κ2) is 9.61. The third-order valence-corrected chi connectivity index (χ3v) is 4.78. The predicted molar refractivity (Wildman–Crippen MR) is 94.9 cm³/mol. The SMILES string of the molecule is COc1ccc(C(=O)NCCN(CCCN(C)C)S(C)(=O)=O)cc1. The van der Waals surface area contributed by atoms with E-state index in [0.717, 1.165) is 13.0 Å². The van der Waals surface area contributed by atoms with E-state index in [2.05, 4.69) is 5.32 Å². The third-order valence-electron chi connectivity index (χ3n) is 3.48. The van der Waals surface area contributed by atoms with E-state index in [1.807, 2.05) is 19.0 Å². The molecule has 0 heterocycles. The molecule has 0 aliphatic carbocycles. The van der Waals surface area contributed by atoms with Crippen molar-refractivity contribution in [3.8, 4) is 5.75 Å². The highest BCUT2D eigenvalue weighted by molar-refractivity contribution is 7.88. The van der Waals surface area contributed by atoms with Gasteiger partial charge in [-0.3, -0.25) is 4.79 Å². The molecule has 1 amide bonds. The van der Waals surface area contributed by atoms with Crippen molar-refractivity contribution in [1.82, 2.24) is 14.5 Å². The second-order valence-corrected chi connectivity index (χ2v) is 7.79. The van der Waals surface area contributed by atoms with Crippen LogP contribution in [0.2, 0.25) is 0 Å². The summed E-state index contributed by atoms with van der Waals surface area (Å²) < 4.78 is 30.1. The second-order valence-electron chi connectivity index (χ2n) is 5.80. The highest BCUT2D eigenvalue weighted by Crippen LogP contribution is 2.11. The molecule has 0 saturated carbocycles. The summed E-state index contributed by atoms with van der Waals surface area (Å²) in [5, 5.41) is 2.74. The molecule has 24 heavy (non-hydrogen) atoms. The van der Waals surface area contributed by atoms with E-state index in [1.165, 1.54) is 10.6 Å². The normalized spacial score (nSPS) is 11.8. The smallest absolute Gasteiger partial charge is 0.251 e. The third kappa shape index (κ3) is 7.29. The Bertz CT molecular complexity index is 615. The predicted octanol–water partition coefficient (Wildman–Crippen LogP) is 0.638. The molecule has 0 unspecified atom stereocenters. The number of methoxy groups -OCH3 is 1. The molecular formula is C16H27N3O4S. The molecule has 1 rings (SSSR count). The van der Waals surface area contributed by atoms with Gasteiger partial charge in [0.2, 0.25) is 10.0 Å². The van der Waals surface area contributed by atoms with Gasteiger partial charge < -0.3 is 15.0 Å². The van der Waals surface area contributed by atoms with Gasteiger partial charge in [0, 0.05) is 25.2 Å². The highest BCUT2D eigenvalue weighted by atomic mass is 32.2. The summed E-state index contributed by atoms with van der Waals surface area (Å²) >= 11 is 0. The molecule has 0 spiro atoms. The van der Waals surface area contributed by atoms with Crippen molar-refractivity contribution < 1.29 is 17.9 Å². The minimum atomic E-state index is -3.29. The lowest BCUT2D eigenvalue weighted by molar-refractivity contribution is 0.0951. The zero-order chi connectivity index (χ0) is 18.2. The Morgan fingerprint density at radius 3 is 2.25 bits per heavy atom. The van der Waals surface area contributed by atoms with Crippen LogP contribution in [0.3, 0.4) is 0 Å². The number of carbonyl (C=O) groups is 1. The van der Waals surface area contributed by atoms with Crippen LogP contribution >= 0.6 is 0 Å². The number of nitrogens with zero attached hydrogens (tertiary/aromatic N) is 2. The molecule has 7 nitrogen and oxygen atoms in total. The van der Waals surface area contributed by atoms with Crippen LogP contribution in [0.1, 0.15) is 16.8 Å². The first-order valence-corrected chi connectivity index (χ1v) is 9.61. The number of nitrogens with one attached hydrogen (secondary N) is 1. The van der Waals surface area contributed by atoms with E-state index < -0.39 is 10.0 Å². The summed E-state index contributed by atoms with van der Waals surface area (Å²) in [5.74, 6) is 0.440. The molecule has 0 saturated heterocycles. The molecule has 0 aliphatic heterocycles. The van der Waals surface area contributed by atoms with Crippen LogP contribution in [0.4, 0.5) is 0 Å². The Labute approximate surface area is 144 Å². The van der Waals surface area contributed by atoms with Gasteiger partial charge >= 0.3 is 0 Å². The van der Waals surface area contributed by atoms with Gasteiger partial charge in [-0.1, -0.05) is 0 Å². The van der Waals surface area contributed by atoms with Gasteiger partial charge in [-0.2, -0.15) is 0 Å². The number of hydrogen-bond acceptors (Lipinski definition) is 5. The van der Waals surface area contributed by atoms with E-state index in [0.29, 0.717) is 17.9 Å². The minimum Gasteiger partial charge on any atom is -0.497 e. The molecule has 1 N–H and O–H groups in total. The van der Waals surface area contributed by atoms with Crippen LogP contribution in [0.15, 0.2) is 24.3 Å². The standard InChI is InChI=1S/C16H27N3O4S/c1-18(2)11-5-12-19(24(4,21)22)13-10-17-16(20)14-6-8-15(23-3)9-7-14/h6-9H,5,10-13H2,1-4H3,(H,17,20). The van der Waals surface area contributed by atoms with Crippen LogP contribution in [-0.4, -0.2) is 77.2 Å². The van der Waals surface area contributed by atoms with Gasteiger partial charge in [-0.25, -0.2) is 12.7 Å². The molecule has 0 bridgehead atoms. The van der Waals surface area contributed by atoms with Crippen molar-refractivity contribution in [3.05, 3.63) is 29.8 Å². The lowest BCUT2D eigenvalue weighted by Gasteiger charge is -2.21. The molecule has 1 aromatic rings. The number of hydrogen-bond donors (Lipinski definition) is 1. The Kier molecular flexibility index (Phi) is 8.17. The van der Waals surface area contributed by atoms with Crippen molar-refractivity contribution in [1.29, 1.82) is 0 Å². The zero-order valence-electron chi connectivity index (χ0n) is 14.8. The fraction of sp³-hybridized carbons (Fsp3) is 0.562. The quantitative estimate of drug-likeness (QED) is 0.665. The molecule has 0 radical (unpaired) electrons. The molecule has 136 valence electrons. The van der Waals surface area contributed by atoms with Gasteiger partial charge in [0.1, 0.15) is 5.75 Å². The summed E-state index contributed by atoms with van der Waals surface area (Å²) in [5.41, 5.74) is 0.509. The molecule has 1 aromatic carbocycles. The van der Waals surface area contributed by atoms with E-state index in [4.69, 9.17) is 4.74 Å². The van der Waals surface area contributed by atoms with Crippen molar-refractivity contribution in [3.63, 3.8) is 0 Å². The molecular weight excluding hydrogens is 330 g/mol. The van der Waals surface area contributed by atoms with Crippen molar-refractivity contribution in [2.24, 2.45) is 0 Å². The van der Waals surface area contributed by atoms with Gasteiger partial charge in [0.05, 0.1) is 13.4 Å². The number of rotatable bonds is 10. The topological polar surface area (TPSA) is 79.0 Å². The molecule has 0 aromatic heterocycles. The summed E-state index contributed by atoms with van der Waals surface area (Å²) in [6.07, 6.45) is 1.93. The zero-order valence-corrected chi connectivity index (χ0v) is 15.6. The Morgan fingerprint density at radius 2 is 1.75 bits per heavy atom. The number of amides is 1. The van der Waals surface area contributed by atoms with E-state index >= 15 is 0 Å².